The van der Waals surface area contributed by atoms with E-state index >= 15 is 0 Å². The molecule has 2 saturated heterocycles. The third kappa shape index (κ3) is 4.51. The van der Waals surface area contributed by atoms with E-state index in [1.807, 2.05) is 23.1 Å². The predicted molar refractivity (Wildman–Crippen MR) is 133 cm³/mol. The summed E-state index contributed by atoms with van der Waals surface area (Å²) in [6, 6.07) is 10.9. The van der Waals surface area contributed by atoms with E-state index in [4.69, 9.17) is 14.2 Å². The van der Waals surface area contributed by atoms with Gasteiger partial charge in [-0.1, -0.05) is 6.07 Å². The van der Waals surface area contributed by atoms with E-state index in [2.05, 4.69) is 4.90 Å². The molecule has 2 aromatic rings. The van der Waals surface area contributed by atoms with Gasteiger partial charge >= 0.3 is 0 Å². The number of carbonyl (C=O) groups is 3. The summed E-state index contributed by atoms with van der Waals surface area (Å²) in [6.07, 6.45) is 1.94. The number of rotatable bonds is 7. The number of ether oxygens (including phenoxy) is 3. The van der Waals surface area contributed by atoms with Crippen LogP contribution in [0.1, 0.15) is 39.1 Å². The molecule has 3 aliphatic rings. The molecular weight excluding hydrogens is 462 g/mol. The van der Waals surface area contributed by atoms with Crippen LogP contribution in [0.4, 0.5) is 5.69 Å². The van der Waals surface area contributed by atoms with Crippen molar-refractivity contribution in [3.05, 3.63) is 53.1 Å². The highest BCUT2D eigenvalue weighted by Gasteiger charge is 2.40. The Hall–Kier alpha value is -3.59. The Morgan fingerprint density at radius 2 is 1.83 bits per heavy atom. The Morgan fingerprint density at radius 1 is 1.03 bits per heavy atom. The topological polar surface area (TPSA) is 88.6 Å². The zero-order chi connectivity index (χ0) is 25.2. The number of methoxy groups -OCH3 is 2. The van der Waals surface area contributed by atoms with Crippen molar-refractivity contribution in [1.29, 1.82) is 0 Å². The van der Waals surface area contributed by atoms with Crippen molar-refractivity contribution in [3.8, 4) is 11.5 Å². The molecule has 9 nitrogen and oxygen atoms in total. The number of amides is 3. The van der Waals surface area contributed by atoms with E-state index in [0.717, 1.165) is 24.1 Å². The van der Waals surface area contributed by atoms with Gasteiger partial charge in [-0.05, 0) is 43.2 Å². The number of carbonyl (C=O) groups excluding carboxylic acids is 3. The zero-order valence-electron chi connectivity index (χ0n) is 20.7. The summed E-state index contributed by atoms with van der Waals surface area (Å²) in [5.41, 5.74) is 2.43. The van der Waals surface area contributed by atoms with E-state index < -0.39 is 0 Å². The number of benzene rings is 2. The highest BCUT2D eigenvalue weighted by Crippen LogP contribution is 2.33. The lowest BCUT2D eigenvalue weighted by molar-refractivity contribution is -0.130. The van der Waals surface area contributed by atoms with Gasteiger partial charge in [0.05, 0.1) is 50.1 Å². The van der Waals surface area contributed by atoms with Crippen molar-refractivity contribution in [2.24, 2.45) is 0 Å². The average molecular weight is 494 g/mol. The molecule has 5 rings (SSSR count). The van der Waals surface area contributed by atoms with Crippen molar-refractivity contribution >= 4 is 23.4 Å². The number of hydrogen-bond donors (Lipinski definition) is 0. The highest BCUT2D eigenvalue weighted by atomic mass is 16.5. The molecular formula is C27H31N3O6. The summed E-state index contributed by atoms with van der Waals surface area (Å²) >= 11 is 0. The summed E-state index contributed by atoms with van der Waals surface area (Å²) in [4.78, 5) is 44.6. The first-order valence-corrected chi connectivity index (χ1v) is 12.3. The summed E-state index contributed by atoms with van der Waals surface area (Å²) in [5, 5.41) is 0. The molecule has 36 heavy (non-hydrogen) atoms. The quantitative estimate of drug-likeness (QED) is 0.547. The third-order valence-corrected chi connectivity index (χ3v) is 7.19. The Labute approximate surface area is 210 Å². The lowest BCUT2D eigenvalue weighted by Gasteiger charge is -2.37. The Bertz CT molecular complexity index is 1170. The molecule has 2 aromatic carbocycles. The van der Waals surface area contributed by atoms with Crippen LogP contribution in [-0.4, -0.2) is 87.2 Å². The second kappa shape index (κ2) is 10.2. The number of hydrogen-bond acceptors (Lipinski definition) is 7. The van der Waals surface area contributed by atoms with Gasteiger partial charge in [0.1, 0.15) is 11.5 Å². The fraction of sp³-hybridized carbons (Fsp3) is 0.444. The number of anilines is 1. The van der Waals surface area contributed by atoms with Gasteiger partial charge in [0, 0.05) is 38.3 Å². The normalized spacial score (nSPS) is 19.6. The Morgan fingerprint density at radius 3 is 2.53 bits per heavy atom. The van der Waals surface area contributed by atoms with Crippen LogP contribution in [0.2, 0.25) is 0 Å². The number of piperazine rings is 1. The van der Waals surface area contributed by atoms with Crippen LogP contribution in [0.3, 0.4) is 0 Å². The summed E-state index contributed by atoms with van der Waals surface area (Å²) in [5.74, 6) is 0.819. The van der Waals surface area contributed by atoms with Crippen molar-refractivity contribution in [1.82, 2.24) is 9.80 Å². The second-order valence-electron chi connectivity index (χ2n) is 9.28. The smallest absolute Gasteiger partial charge is 0.263 e. The third-order valence-electron chi connectivity index (χ3n) is 7.19. The van der Waals surface area contributed by atoms with E-state index in [1.54, 1.807) is 32.4 Å². The molecule has 190 valence electrons. The van der Waals surface area contributed by atoms with Gasteiger partial charge in [0.2, 0.25) is 5.91 Å². The lowest BCUT2D eigenvalue weighted by Crippen LogP contribution is -2.49. The summed E-state index contributed by atoms with van der Waals surface area (Å²) in [6.45, 7) is 3.16. The maximum Gasteiger partial charge on any atom is 0.263 e. The molecule has 0 bridgehead atoms. The predicted octanol–water partition coefficient (Wildman–Crippen LogP) is 2.37. The molecule has 0 N–H and O–H groups in total. The van der Waals surface area contributed by atoms with Crippen LogP contribution >= 0.6 is 0 Å². The van der Waals surface area contributed by atoms with Gasteiger partial charge in [-0.3, -0.25) is 19.3 Å². The molecule has 3 aliphatic heterocycles. The molecule has 3 heterocycles. The first-order chi connectivity index (χ1) is 17.5. The van der Waals surface area contributed by atoms with Crippen LogP contribution in [0.25, 0.3) is 0 Å². The fourth-order valence-corrected chi connectivity index (χ4v) is 5.23. The van der Waals surface area contributed by atoms with Crippen LogP contribution in [0, 0.1) is 0 Å². The molecule has 3 amide bonds. The molecule has 2 fully saturated rings. The van der Waals surface area contributed by atoms with Gasteiger partial charge in [0.25, 0.3) is 11.8 Å². The maximum atomic E-state index is 13.3. The van der Waals surface area contributed by atoms with E-state index in [9.17, 15) is 14.4 Å². The van der Waals surface area contributed by atoms with Gasteiger partial charge in [0.15, 0.2) is 0 Å². The first kappa shape index (κ1) is 24.1. The van der Waals surface area contributed by atoms with E-state index in [0.29, 0.717) is 62.0 Å². The van der Waals surface area contributed by atoms with Gasteiger partial charge in [-0.25, -0.2) is 0 Å². The second-order valence-corrected chi connectivity index (χ2v) is 9.28. The molecule has 0 aromatic heterocycles. The lowest BCUT2D eigenvalue weighted by atomic mass is 10.1. The van der Waals surface area contributed by atoms with E-state index in [1.165, 1.54) is 4.90 Å². The minimum atomic E-state index is -0.260. The first-order valence-electron chi connectivity index (χ1n) is 12.3. The largest absolute Gasteiger partial charge is 0.497 e. The highest BCUT2D eigenvalue weighted by molar-refractivity contribution is 6.23. The molecule has 0 saturated carbocycles. The molecule has 0 radical (unpaired) electrons. The number of nitrogens with zero attached hydrogens (tertiary/aromatic N) is 3. The number of imide groups is 1. The SMILES string of the molecule is COc1ccc(OC)c(CC(=O)N2CCN(c3cccc4c3C(=O)N(CC3CCCO3)C4=O)CC2)c1. The van der Waals surface area contributed by atoms with Crippen molar-refractivity contribution in [3.63, 3.8) is 0 Å². The van der Waals surface area contributed by atoms with E-state index in [-0.39, 0.29) is 30.2 Å². The van der Waals surface area contributed by atoms with Crippen molar-refractivity contribution in [2.45, 2.75) is 25.4 Å². The summed E-state index contributed by atoms with van der Waals surface area (Å²) < 4.78 is 16.4. The molecule has 1 unspecified atom stereocenters. The van der Waals surface area contributed by atoms with Crippen LogP contribution in [0.15, 0.2) is 36.4 Å². The van der Waals surface area contributed by atoms with Crippen LogP contribution < -0.4 is 14.4 Å². The van der Waals surface area contributed by atoms with Crippen LogP contribution in [0.5, 0.6) is 11.5 Å². The maximum absolute atomic E-state index is 13.3. The molecule has 9 heteroatoms. The Balaban J connectivity index is 1.26. The molecule has 0 aliphatic carbocycles. The van der Waals surface area contributed by atoms with Gasteiger partial charge in [-0.2, -0.15) is 0 Å². The molecule has 0 spiro atoms. The average Bonchev–Trinajstić information content (AvgIpc) is 3.51. The minimum Gasteiger partial charge on any atom is -0.497 e. The van der Waals surface area contributed by atoms with Crippen LogP contribution in [-0.2, 0) is 16.0 Å². The fourth-order valence-electron chi connectivity index (χ4n) is 5.23. The monoisotopic (exact) mass is 493 g/mol. The Kier molecular flexibility index (Phi) is 6.82. The summed E-state index contributed by atoms with van der Waals surface area (Å²) in [7, 11) is 3.17. The minimum absolute atomic E-state index is 0.00786. The van der Waals surface area contributed by atoms with Crippen molar-refractivity contribution < 1.29 is 28.6 Å². The van der Waals surface area contributed by atoms with Gasteiger partial charge < -0.3 is 24.0 Å². The zero-order valence-corrected chi connectivity index (χ0v) is 20.7. The van der Waals surface area contributed by atoms with Crippen molar-refractivity contribution in [2.75, 3.05) is 58.5 Å². The standard InChI is InChI=1S/C27H31N3O6/c1-34-19-8-9-23(35-2)18(15-19)16-24(31)29-12-10-28(11-13-29)22-7-3-6-21-25(22)27(33)30(26(21)32)17-20-5-4-14-36-20/h3,6-9,15,20H,4-5,10-14,16-17H2,1-2H3. The molecule has 1 atom stereocenters. The number of fused-ring (bicyclic) bond motifs is 1. The van der Waals surface area contributed by atoms with Gasteiger partial charge in [-0.15, -0.1) is 0 Å².